The van der Waals surface area contributed by atoms with Crippen LogP contribution in [-0.4, -0.2) is 29.6 Å². The van der Waals surface area contributed by atoms with Gasteiger partial charge in [-0.1, -0.05) is 12.1 Å². The van der Waals surface area contributed by atoms with Crippen molar-refractivity contribution in [1.29, 1.82) is 0 Å². The third-order valence-electron chi connectivity index (χ3n) is 4.28. The van der Waals surface area contributed by atoms with Crippen molar-refractivity contribution in [1.82, 2.24) is 5.43 Å². The number of nitro benzene ring substituents is 1. The van der Waals surface area contributed by atoms with Crippen molar-refractivity contribution in [2.24, 2.45) is 5.10 Å². The maximum atomic E-state index is 12.4. The molecule has 168 valence electrons. The molecule has 3 rings (SSSR count). The van der Waals surface area contributed by atoms with Gasteiger partial charge in [0.15, 0.2) is 11.5 Å². The second-order valence-electron chi connectivity index (χ2n) is 6.51. The van der Waals surface area contributed by atoms with E-state index in [1.807, 2.05) is 0 Å². The molecule has 33 heavy (non-hydrogen) atoms. The molecule has 3 aromatic rings. The van der Waals surface area contributed by atoms with E-state index in [9.17, 15) is 19.7 Å². The Morgan fingerprint density at radius 1 is 1.09 bits per heavy atom. The predicted molar refractivity (Wildman–Crippen MR) is 125 cm³/mol. The molecule has 0 fully saturated rings. The average Bonchev–Trinajstić information content (AvgIpc) is 2.81. The zero-order valence-electron chi connectivity index (χ0n) is 17.4. The number of benzene rings is 3. The van der Waals surface area contributed by atoms with Gasteiger partial charge in [-0.25, -0.2) is 10.2 Å². The van der Waals surface area contributed by atoms with Crippen molar-refractivity contribution in [3.8, 4) is 11.5 Å². The first-order valence-electron chi connectivity index (χ1n) is 9.70. The van der Waals surface area contributed by atoms with Crippen LogP contribution in [0.4, 0.5) is 5.69 Å². The Hall–Kier alpha value is -4.05. The normalized spacial score (nSPS) is 10.6. The Balaban J connectivity index is 1.71. The van der Waals surface area contributed by atoms with Crippen LogP contribution in [0, 0.1) is 10.1 Å². The smallest absolute Gasteiger partial charge is 0.343 e. The Morgan fingerprint density at radius 2 is 1.82 bits per heavy atom. The number of amides is 1. The molecule has 0 spiro atoms. The van der Waals surface area contributed by atoms with E-state index >= 15 is 0 Å². The second kappa shape index (κ2) is 11.0. The topological polar surface area (TPSA) is 120 Å². The van der Waals surface area contributed by atoms with Crippen molar-refractivity contribution in [3.63, 3.8) is 0 Å². The summed E-state index contributed by atoms with van der Waals surface area (Å²) in [7, 11) is 0. The first-order chi connectivity index (χ1) is 15.9. The Kier molecular flexibility index (Phi) is 7.87. The number of carbonyl (C=O) groups excluding carboxylic acids is 2. The van der Waals surface area contributed by atoms with Gasteiger partial charge >= 0.3 is 5.97 Å². The van der Waals surface area contributed by atoms with Crippen molar-refractivity contribution >= 4 is 39.7 Å². The minimum atomic E-state index is -0.687. The fourth-order valence-corrected chi connectivity index (χ4v) is 3.17. The van der Waals surface area contributed by atoms with E-state index in [-0.39, 0.29) is 22.9 Å². The van der Waals surface area contributed by atoms with Crippen LogP contribution >= 0.6 is 15.9 Å². The first kappa shape index (κ1) is 23.6. The number of nitrogens with one attached hydrogen (secondary N) is 1. The molecule has 9 nitrogen and oxygen atoms in total. The lowest BCUT2D eigenvalue weighted by atomic mass is 10.2. The van der Waals surface area contributed by atoms with Crippen LogP contribution in [0.3, 0.4) is 0 Å². The SMILES string of the molecule is CCOc1cc(C=NNC(=O)c2ccccc2Br)ccc1OC(=O)c1ccc([N+](=O)[O-])cc1. The number of nitro groups is 1. The summed E-state index contributed by atoms with van der Waals surface area (Å²) in [5.41, 5.74) is 3.52. The number of rotatable bonds is 8. The summed E-state index contributed by atoms with van der Waals surface area (Å²) in [4.78, 5) is 34.8. The number of halogens is 1. The highest BCUT2D eigenvalue weighted by molar-refractivity contribution is 9.10. The maximum Gasteiger partial charge on any atom is 0.343 e. The van der Waals surface area contributed by atoms with Gasteiger partial charge in [0, 0.05) is 16.6 Å². The Bertz CT molecular complexity index is 1210. The summed E-state index contributed by atoms with van der Waals surface area (Å²) < 4.78 is 11.6. The quantitative estimate of drug-likeness (QED) is 0.153. The molecule has 0 atom stereocenters. The van der Waals surface area contributed by atoms with Gasteiger partial charge in [-0.15, -0.1) is 0 Å². The van der Waals surface area contributed by atoms with Gasteiger partial charge in [0.05, 0.1) is 28.9 Å². The van der Waals surface area contributed by atoms with Crippen LogP contribution in [0.5, 0.6) is 11.5 Å². The number of esters is 1. The van der Waals surface area contributed by atoms with Crippen molar-refractivity contribution < 1.29 is 24.0 Å². The molecule has 0 heterocycles. The van der Waals surface area contributed by atoms with E-state index in [1.165, 1.54) is 36.5 Å². The maximum absolute atomic E-state index is 12.4. The number of hydrogen-bond acceptors (Lipinski definition) is 7. The number of hydrogen-bond donors (Lipinski definition) is 1. The van der Waals surface area contributed by atoms with E-state index in [1.54, 1.807) is 43.3 Å². The molecule has 0 unspecified atom stereocenters. The van der Waals surface area contributed by atoms with Gasteiger partial charge in [-0.2, -0.15) is 5.10 Å². The van der Waals surface area contributed by atoms with Crippen LogP contribution in [0.25, 0.3) is 0 Å². The summed E-state index contributed by atoms with van der Waals surface area (Å²) in [6.07, 6.45) is 1.43. The predicted octanol–water partition coefficient (Wildman–Crippen LogP) is 4.74. The molecule has 1 amide bonds. The molecule has 0 bridgehead atoms. The van der Waals surface area contributed by atoms with Gasteiger partial charge in [-0.3, -0.25) is 14.9 Å². The summed E-state index contributed by atoms with van der Waals surface area (Å²) >= 11 is 3.31. The molecule has 1 N–H and O–H groups in total. The van der Waals surface area contributed by atoms with Gasteiger partial charge in [0.2, 0.25) is 0 Å². The van der Waals surface area contributed by atoms with Gasteiger partial charge in [0.1, 0.15) is 0 Å². The van der Waals surface area contributed by atoms with Crippen molar-refractivity contribution in [2.45, 2.75) is 6.92 Å². The van der Waals surface area contributed by atoms with E-state index < -0.39 is 10.9 Å². The summed E-state index contributed by atoms with van der Waals surface area (Å²) in [6.45, 7) is 2.10. The van der Waals surface area contributed by atoms with Crippen LogP contribution in [0.2, 0.25) is 0 Å². The highest BCUT2D eigenvalue weighted by Gasteiger charge is 2.15. The highest BCUT2D eigenvalue weighted by atomic mass is 79.9. The second-order valence-corrected chi connectivity index (χ2v) is 7.37. The van der Waals surface area contributed by atoms with Crippen LogP contribution in [-0.2, 0) is 0 Å². The summed E-state index contributed by atoms with van der Waals surface area (Å²) in [5.74, 6) is -0.589. The van der Waals surface area contributed by atoms with Crippen LogP contribution in [0.1, 0.15) is 33.2 Å². The number of non-ortho nitro benzene ring substituents is 1. The largest absolute Gasteiger partial charge is 0.490 e. The minimum Gasteiger partial charge on any atom is -0.490 e. The number of carbonyl (C=O) groups is 2. The Morgan fingerprint density at radius 3 is 2.48 bits per heavy atom. The molecular formula is C23H18BrN3O6. The van der Waals surface area contributed by atoms with E-state index in [4.69, 9.17) is 9.47 Å². The summed E-state index contributed by atoms with van der Waals surface area (Å²) in [6, 6.07) is 16.8. The molecule has 0 saturated heterocycles. The zero-order chi connectivity index (χ0) is 23.8. The average molecular weight is 512 g/mol. The first-order valence-corrected chi connectivity index (χ1v) is 10.5. The number of nitrogens with zero attached hydrogens (tertiary/aromatic N) is 2. The zero-order valence-corrected chi connectivity index (χ0v) is 18.9. The van der Waals surface area contributed by atoms with Gasteiger partial charge in [0.25, 0.3) is 11.6 Å². The standard InChI is InChI=1S/C23H18BrN3O6/c1-2-32-21-13-15(14-25-26-22(28)18-5-3-4-6-19(18)24)7-12-20(21)33-23(29)16-8-10-17(11-9-16)27(30)31/h3-14H,2H2,1H3,(H,26,28). The van der Waals surface area contributed by atoms with Gasteiger partial charge < -0.3 is 9.47 Å². The van der Waals surface area contributed by atoms with E-state index in [2.05, 4.69) is 26.5 Å². The summed E-state index contributed by atoms with van der Waals surface area (Å²) in [5, 5.41) is 14.7. The fraction of sp³-hybridized carbons (Fsp3) is 0.0870. The molecule has 0 saturated carbocycles. The molecule has 0 aliphatic heterocycles. The van der Waals surface area contributed by atoms with E-state index in [0.717, 1.165) is 0 Å². The molecule has 0 aliphatic carbocycles. The monoisotopic (exact) mass is 511 g/mol. The van der Waals surface area contributed by atoms with Gasteiger partial charge in [-0.05, 0) is 70.9 Å². The molecular weight excluding hydrogens is 494 g/mol. The third-order valence-corrected chi connectivity index (χ3v) is 4.97. The molecule has 0 aromatic heterocycles. The third kappa shape index (κ3) is 6.23. The molecule has 0 radical (unpaired) electrons. The van der Waals surface area contributed by atoms with Crippen molar-refractivity contribution in [2.75, 3.05) is 6.61 Å². The minimum absolute atomic E-state index is 0.128. The molecule has 10 heteroatoms. The van der Waals surface area contributed by atoms with E-state index in [0.29, 0.717) is 28.0 Å². The van der Waals surface area contributed by atoms with Crippen LogP contribution < -0.4 is 14.9 Å². The lowest BCUT2D eigenvalue weighted by Crippen LogP contribution is -2.18. The lowest BCUT2D eigenvalue weighted by molar-refractivity contribution is -0.384. The fourth-order valence-electron chi connectivity index (χ4n) is 2.71. The van der Waals surface area contributed by atoms with Crippen LogP contribution in [0.15, 0.2) is 76.3 Å². The van der Waals surface area contributed by atoms with Crippen molar-refractivity contribution in [3.05, 3.63) is 98.0 Å². The molecule has 3 aromatic carbocycles. The highest BCUT2D eigenvalue weighted by Crippen LogP contribution is 2.29. The number of ether oxygens (including phenoxy) is 2. The number of hydrazone groups is 1. The molecule has 0 aliphatic rings. The Labute approximate surface area is 197 Å². The lowest BCUT2D eigenvalue weighted by Gasteiger charge is -2.11.